The smallest absolute Gasteiger partial charge is 0.229 e. The second-order valence-corrected chi connectivity index (χ2v) is 8.48. The maximum Gasteiger partial charge on any atom is 0.229 e. The Morgan fingerprint density at radius 3 is 2.44 bits per heavy atom. The predicted molar refractivity (Wildman–Crippen MR) is 110 cm³/mol. The molecule has 27 heavy (non-hydrogen) atoms. The van der Waals surface area contributed by atoms with Crippen LogP contribution < -0.4 is 15.8 Å². The Morgan fingerprint density at radius 1 is 1.15 bits per heavy atom. The van der Waals surface area contributed by atoms with Crippen molar-refractivity contribution in [3.63, 3.8) is 0 Å². The van der Waals surface area contributed by atoms with Crippen molar-refractivity contribution in [1.29, 1.82) is 0 Å². The Hall–Kier alpha value is -2.09. The average Bonchev–Trinajstić information content (AvgIpc) is 2.60. The van der Waals surface area contributed by atoms with E-state index < -0.39 is 21.8 Å². The minimum absolute atomic E-state index is 0. The summed E-state index contributed by atoms with van der Waals surface area (Å²) in [6, 6.07) is 15.9. The summed E-state index contributed by atoms with van der Waals surface area (Å²) in [6.07, 6.45) is 1.16. The molecule has 2 atom stereocenters. The summed E-state index contributed by atoms with van der Waals surface area (Å²) >= 11 is 0. The van der Waals surface area contributed by atoms with E-state index in [0.29, 0.717) is 11.4 Å². The number of ether oxygens (including phenoxy) is 1. The zero-order chi connectivity index (χ0) is 19.2. The Kier molecular flexibility index (Phi) is 8.75. The fourth-order valence-electron chi connectivity index (χ4n) is 2.36. The molecule has 0 saturated carbocycles. The van der Waals surface area contributed by atoms with Gasteiger partial charge in [0.15, 0.2) is 9.84 Å². The number of amides is 1. The fourth-order valence-corrected chi connectivity index (χ4v) is 2.74. The van der Waals surface area contributed by atoms with Crippen LogP contribution in [0.4, 0.5) is 5.69 Å². The van der Waals surface area contributed by atoms with E-state index in [2.05, 4.69) is 5.32 Å². The third kappa shape index (κ3) is 7.58. The Labute approximate surface area is 166 Å². The molecular weight excluding hydrogens is 388 g/mol. The van der Waals surface area contributed by atoms with Crippen LogP contribution in [0, 0.1) is 5.92 Å². The van der Waals surface area contributed by atoms with Crippen LogP contribution in [0.3, 0.4) is 0 Å². The minimum atomic E-state index is -3.08. The molecule has 0 heterocycles. The lowest BCUT2D eigenvalue weighted by Crippen LogP contribution is -2.30. The van der Waals surface area contributed by atoms with E-state index in [4.69, 9.17) is 10.5 Å². The van der Waals surface area contributed by atoms with Gasteiger partial charge in [-0.15, -0.1) is 12.4 Å². The van der Waals surface area contributed by atoms with Gasteiger partial charge in [0.05, 0.1) is 11.7 Å². The standard InChI is InChI=1S/C19H24N2O4S.ClH/c1-14(18(20)15-7-4-3-5-8-15)19(22)21-16-9-6-10-17(13-16)25-11-12-26(2,23)24;/h3-10,13-14,18H,11-12,20H2,1-2H3,(H,21,22);1H. The zero-order valence-corrected chi connectivity index (χ0v) is 16.9. The number of halogens is 1. The predicted octanol–water partition coefficient (Wildman–Crippen LogP) is 2.81. The molecule has 2 rings (SSSR count). The molecule has 0 aliphatic carbocycles. The lowest BCUT2D eigenvalue weighted by Gasteiger charge is -2.20. The Balaban J connectivity index is 0.00000364. The summed E-state index contributed by atoms with van der Waals surface area (Å²) in [5.74, 6) is -0.194. The van der Waals surface area contributed by atoms with E-state index in [1.54, 1.807) is 31.2 Å². The maximum atomic E-state index is 12.5. The molecule has 1 amide bonds. The first-order valence-electron chi connectivity index (χ1n) is 8.28. The molecule has 0 aromatic heterocycles. The summed E-state index contributed by atoms with van der Waals surface area (Å²) in [5, 5.41) is 2.82. The van der Waals surface area contributed by atoms with Gasteiger partial charge in [0.25, 0.3) is 0 Å². The molecule has 3 N–H and O–H groups in total. The van der Waals surface area contributed by atoms with Crippen LogP contribution >= 0.6 is 12.4 Å². The first kappa shape index (κ1) is 23.0. The Bertz CT molecular complexity index is 844. The summed E-state index contributed by atoms with van der Waals surface area (Å²) in [6.45, 7) is 1.84. The number of carbonyl (C=O) groups excluding carboxylic acids is 1. The monoisotopic (exact) mass is 412 g/mol. The SMILES string of the molecule is CC(C(=O)Nc1cccc(OCCS(C)(=O)=O)c1)C(N)c1ccccc1.Cl. The molecule has 0 aliphatic heterocycles. The molecule has 0 radical (unpaired) electrons. The van der Waals surface area contributed by atoms with E-state index in [0.717, 1.165) is 11.8 Å². The first-order valence-corrected chi connectivity index (χ1v) is 10.3. The molecule has 0 saturated heterocycles. The molecule has 2 aromatic carbocycles. The highest BCUT2D eigenvalue weighted by molar-refractivity contribution is 7.90. The van der Waals surface area contributed by atoms with Crippen molar-refractivity contribution >= 4 is 33.8 Å². The molecule has 2 unspecified atom stereocenters. The lowest BCUT2D eigenvalue weighted by molar-refractivity contribution is -0.120. The second kappa shape index (κ2) is 10.3. The van der Waals surface area contributed by atoms with Gasteiger partial charge in [0, 0.05) is 24.1 Å². The zero-order valence-electron chi connectivity index (χ0n) is 15.3. The number of hydrogen-bond acceptors (Lipinski definition) is 5. The Morgan fingerprint density at radius 2 is 1.81 bits per heavy atom. The van der Waals surface area contributed by atoms with Gasteiger partial charge >= 0.3 is 0 Å². The number of anilines is 1. The van der Waals surface area contributed by atoms with Crippen molar-refractivity contribution in [2.45, 2.75) is 13.0 Å². The molecule has 0 aliphatic rings. The van der Waals surface area contributed by atoms with Gasteiger partial charge < -0.3 is 15.8 Å². The molecule has 2 aromatic rings. The van der Waals surface area contributed by atoms with Gasteiger partial charge in [0.2, 0.25) is 5.91 Å². The number of hydrogen-bond donors (Lipinski definition) is 2. The molecule has 0 bridgehead atoms. The van der Waals surface area contributed by atoms with Crippen molar-refractivity contribution in [2.24, 2.45) is 11.7 Å². The molecule has 0 spiro atoms. The quantitative estimate of drug-likeness (QED) is 0.694. The average molecular weight is 413 g/mol. The van der Waals surface area contributed by atoms with Crippen LogP contribution in [0.15, 0.2) is 54.6 Å². The number of nitrogens with one attached hydrogen (secondary N) is 1. The molecular formula is C19H25ClN2O4S. The third-order valence-electron chi connectivity index (χ3n) is 3.96. The van der Waals surface area contributed by atoms with Crippen LogP contribution in [0.1, 0.15) is 18.5 Å². The molecule has 8 heteroatoms. The number of nitrogens with two attached hydrogens (primary N) is 1. The van der Waals surface area contributed by atoms with Crippen LogP contribution in [-0.2, 0) is 14.6 Å². The highest BCUT2D eigenvalue weighted by Crippen LogP contribution is 2.22. The topological polar surface area (TPSA) is 98.5 Å². The summed E-state index contributed by atoms with van der Waals surface area (Å²) in [4.78, 5) is 12.5. The highest BCUT2D eigenvalue weighted by atomic mass is 35.5. The van der Waals surface area contributed by atoms with Crippen LogP contribution in [0.2, 0.25) is 0 Å². The second-order valence-electron chi connectivity index (χ2n) is 6.22. The first-order chi connectivity index (χ1) is 12.3. The maximum absolute atomic E-state index is 12.5. The van der Waals surface area contributed by atoms with E-state index >= 15 is 0 Å². The van der Waals surface area contributed by atoms with E-state index in [-0.39, 0.29) is 30.7 Å². The van der Waals surface area contributed by atoms with Gasteiger partial charge in [-0.3, -0.25) is 4.79 Å². The van der Waals surface area contributed by atoms with Crippen molar-refractivity contribution in [2.75, 3.05) is 23.9 Å². The van der Waals surface area contributed by atoms with Crippen LogP contribution in [0.25, 0.3) is 0 Å². The van der Waals surface area contributed by atoms with Gasteiger partial charge in [-0.1, -0.05) is 43.3 Å². The number of benzene rings is 2. The highest BCUT2D eigenvalue weighted by Gasteiger charge is 2.22. The molecule has 0 fully saturated rings. The third-order valence-corrected chi connectivity index (χ3v) is 4.87. The van der Waals surface area contributed by atoms with Crippen LogP contribution in [0.5, 0.6) is 5.75 Å². The minimum Gasteiger partial charge on any atom is -0.492 e. The van der Waals surface area contributed by atoms with E-state index in [1.165, 1.54) is 0 Å². The van der Waals surface area contributed by atoms with Crippen molar-refractivity contribution in [1.82, 2.24) is 0 Å². The molecule has 148 valence electrons. The van der Waals surface area contributed by atoms with Gasteiger partial charge in [-0.25, -0.2) is 8.42 Å². The number of carbonyl (C=O) groups is 1. The summed E-state index contributed by atoms with van der Waals surface area (Å²) in [7, 11) is -3.08. The van der Waals surface area contributed by atoms with E-state index in [9.17, 15) is 13.2 Å². The molecule has 6 nitrogen and oxygen atoms in total. The fraction of sp³-hybridized carbons (Fsp3) is 0.316. The normalized spacial score (nSPS) is 13.1. The largest absolute Gasteiger partial charge is 0.492 e. The lowest BCUT2D eigenvalue weighted by atomic mass is 9.94. The van der Waals surface area contributed by atoms with Gasteiger partial charge in [-0.2, -0.15) is 0 Å². The van der Waals surface area contributed by atoms with Crippen molar-refractivity contribution in [3.8, 4) is 5.75 Å². The van der Waals surface area contributed by atoms with Gasteiger partial charge in [0.1, 0.15) is 12.4 Å². The summed E-state index contributed by atoms with van der Waals surface area (Å²) in [5.41, 5.74) is 7.65. The van der Waals surface area contributed by atoms with E-state index in [1.807, 2.05) is 30.3 Å². The summed E-state index contributed by atoms with van der Waals surface area (Å²) < 4.78 is 27.7. The van der Waals surface area contributed by atoms with Crippen molar-refractivity contribution in [3.05, 3.63) is 60.2 Å². The number of rotatable bonds is 8. The van der Waals surface area contributed by atoms with Crippen LogP contribution in [-0.4, -0.2) is 32.9 Å². The van der Waals surface area contributed by atoms with Crippen molar-refractivity contribution < 1.29 is 17.9 Å². The number of sulfone groups is 1. The van der Waals surface area contributed by atoms with Gasteiger partial charge in [-0.05, 0) is 17.7 Å².